The zero-order valence-corrected chi connectivity index (χ0v) is 16.0. The van der Waals surface area contributed by atoms with Crippen LogP contribution in [0.1, 0.15) is 30.0 Å². The number of anilines is 1. The predicted molar refractivity (Wildman–Crippen MR) is 111 cm³/mol. The first kappa shape index (κ1) is 19.4. The third-order valence-corrected chi connectivity index (χ3v) is 4.99. The highest BCUT2D eigenvalue weighted by molar-refractivity contribution is 5.49. The van der Waals surface area contributed by atoms with Crippen molar-refractivity contribution in [3.63, 3.8) is 0 Å². The maximum atomic E-state index is 12.2. The standard InChI is InChI=1S/C23H24N2O3/c1-17(18-9-5-3-6-10-18)23(25(26)27)22(19-11-7-4-8-12-19)24-20-13-15-21(28-2)16-14-20/h3-17,22-24H,1-2H3/t17-,22+,23+/m0/s1. The lowest BCUT2D eigenvalue weighted by Gasteiger charge is -2.28. The van der Waals surface area contributed by atoms with Gasteiger partial charge in [-0.05, 0) is 35.4 Å². The van der Waals surface area contributed by atoms with Gasteiger partial charge in [-0.1, -0.05) is 67.6 Å². The number of nitrogens with one attached hydrogen (secondary N) is 1. The first-order chi connectivity index (χ1) is 13.6. The van der Waals surface area contributed by atoms with Gasteiger partial charge in [0.25, 0.3) is 0 Å². The van der Waals surface area contributed by atoms with E-state index in [1.807, 2.05) is 91.9 Å². The molecule has 0 spiro atoms. The smallest absolute Gasteiger partial charge is 0.243 e. The first-order valence-corrected chi connectivity index (χ1v) is 9.24. The fourth-order valence-corrected chi connectivity index (χ4v) is 3.44. The number of hydrogen-bond donors (Lipinski definition) is 1. The lowest BCUT2D eigenvalue weighted by Crippen LogP contribution is -2.36. The summed E-state index contributed by atoms with van der Waals surface area (Å²) < 4.78 is 5.20. The van der Waals surface area contributed by atoms with E-state index in [0.29, 0.717) is 0 Å². The van der Waals surface area contributed by atoms with Crippen LogP contribution in [0.25, 0.3) is 0 Å². The van der Waals surface area contributed by atoms with E-state index in [1.54, 1.807) is 7.11 Å². The second kappa shape index (κ2) is 9.04. The number of rotatable bonds is 8. The molecule has 0 saturated heterocycles. The molecule has 144 valence electrons. The largest absolute Gasteiger partial charge is 0.497 e. The average Bonchev–Trinajstić information content (AvgIpc) is 2.74. The van der Waals surface area contributed by atoms with Gasteiger partial charge in [-0.2, -0.15) is 0 Å². The molecule has 0 fully saturated rings. The van der Waals surface area contributed by atoms with E-state index in [4.69, 9.17) is 4.74 Å². The summed E-state index contributed by atoms with van der Waals surface area (Å²) in [5, 5.41) is 15.5. The Morgan fingerprint density at radius 1 is 0.857 bits per heavy atom. The van der Waals surface area contributed by atoms with Crippen LogP contribution in [0.4, 0.5) is 5.69 Å². The Hall–Kier alpha value is -3.34. The van der Waals surface area contributed by atoms with Crippen LogP contribution in [0.3, 0.4) is 0 Å². The fraction of sp³-hybridized carbons (Fsp3) is 0.217. The van der Waals surface area contributed by atoms with Crippen LogP contribution in [-0.2, 0) is 0 Å². The van der Waals surface area contributed by atoms with E-state index in [0.717, 1.165) is 22.6 Å². The molecule has 0 aliphatic heterocycles. The zero-order chi connectivity index (χ0) is 19.9. The Labute approximate surface area is 165 Å². The van der Waals surface area contributed by atoms with Crippen LogP contribution >= 0.6 is 0 Å². The van der Waals surface area contributed by atoms with Crippen LogP contribution in [0.5, 0.6) is 5.75 Å². The van der Waals surface area contributed by atoms with Gasteiger partial charge in [-0.15, -0.1) is 0 Å². The topological polar surface area (TPSA) is 64.4 Å². The summed E-state index contributed by atoms with van der Waals surface area (Å²) >= 11 is 0. The number of ether oxygens (including phenoxy) is 1. The van der Waals surface area contributed by atoms with Crippen LogP contribution in [0, 0.1) is 10.1 Å². The molecule has 0 unspecified atom stereocenters. The Morgan fingerprint density at radius 3 is 1.89 bits per heavy atom. The van der Waals surface area contributed by atoms with E-state index in [9.17, 15) is 10.1 Å². The van der Waals surface area contributed by atoms with E-state index < -0.39 is 12.1 Å². The number of methoxy groups -OCH3 is 1. The number of nitro groups is 1. The minimum Gasteiger partial charge on any atom is -0.497 e. The third-order valence-electron chi connectivity index (χ3n) is 4.99. The lowest BCUT2D eigenvalue weighted by atomic mass is 9.85. The van der Waals surface area contributed by atoms with Crippen molar-refractivity contribution in [1.82, 2.24) is 0 Å². The summed E-state index contributed by atoms with van der Waals surface area (Å²) in [6.45, 7) is 1.91. The summed E-state index contributed by atoms with van der Waals surface area (Å²) in [6.07, 6.45) is 0. The highest BCUT2D eigenvalue weighted by Crippen LogP contribution is 2.33. The van der Waals surface area contributed by atoms with Crippen molar-refractivity contribution < 1.29 is 9.66 Å². The first-order valence-electron chi connectivity index (χ1n) is 9.24. The molecule has 28 heavy (non-hydrogen) atoms. The molecule has 3 aromatic rings. The summed E-state index contributed by atoms with van der Waals surface area (Å²) in [6, 6.07) is 25.3. The van der Waals surface area contributed by atoms with Crippen molar-refractivity contribution in [2.45, 2.75) is 24.9 Å². The SMILES string of the molecule is COc1ccc(N[C@H](c2ccccc2)[C@@H]([C@@H](C)c2ccccc2)[N+](=O)[O-])cc1. The van der Waals surface area contributed by atoms with Gasteiger partial charge in [0.2, 0.25) is 6.04 Å². The second-order valence-electron chi connectivity index (χ2n) is 6.74. The Balaban J connectivity index is 1.98. The number of nitrogens with zero attached hydrogens (tertiary/aromatic N) is 1. The minimum atomic E-state index is -0.841. The molecule has 0 aliphatic carbocycles. The van der Waals surface area contributed by atoms with Crippen molar-refractivity contribution in [1.29, 1.82) is 0 Å². The van der Waals surface area contributed by atoms with Crippen molar-refractivity contribution >= 4 is 5.69 Å². The van der Waals surface area contributed by atoms with Crippen molar-refractivity contribution in [2.75, 3.05) is 12.4 Å². The van der Waals surface area contributed by atoms with Gasteiger partial charge in [0.1, 0.15) is 11.8 Å². The van der Waals surface area contributed by atoms with Gasteiger partial charge >= 0.3 is 0 Å². The Bertz CT molecular complexity index is 883. The van der Waals surface area contributed by atoms with E-state index in [1.165, 1.54) is 0 Å². The predicted octanol–water partition coefficient (Wildman–Crippen LogP) is 5.30. The highest BCUT2D eigenvalue weighted by Gasteiger charge is 2.38. The molecule has 0 bridgehead atoms. The molecule has 0 aromatic heterocycles. The number of benzene rings is 3. The minimum absolute atomic E-state index is 0.175. The van der Waals surface area contributed by atoms with Gasteiger partial charge in [0.05, 0.1) is 13.0 Å². The maximum absolute atomic E-state index is 12.2. The quantitative estimate of drug-likeness (QED) is 0.428. The molecular weight excluding hydrogens is 352 g/mol. The maximum Gasteiger partial charge on any atom is 0.243 e. The second-order valence-corrected chi connectivity index (χ2v) is 6.74. The molecule has 0 saturated carbocycles. The molecule has 3 aromatic carbocycles. The highest BCUT2D eigenvalue weighted by atomic mass is 16.6. The molecule has 0 heterocycles. The monoisotopic (exact) mass is 376 g/mol. The number of hydrogen-bond acceptors (Lipinski definition) is 4. The van der Waals surface area contributed by atoms with Gasteiger partial charge in [0.15, 0.2) is 0 Å². The van der Waals surface area contributed by atoms with Crippen molar-refractivity contribution in [3.05, 3.63) is 106 Å². The van der Waals surface area contributed by atoms with Gasteiger partial charge in [0, 0.05) is 10.6 Å². The van der Waals surface area contributed by atoms with E-state index >= 15 is 0 Å². The van der Waals surface area contributed by atoms with E-state index in [-0.39, 0.29) is 10.8 Å². The Kier molecular flexibility index (Phi) is 6.27. The summed E-state index contributed by atoms with van der Waals surface area (Å²) in [5.74, 6) is 0.470. The molecule has 0 amide bonds. The summed E-state index contributed by atoms with van der Waals surface area (Å²) in [5.41, 5.74) is 2.63. The summed E-state index contributed by atoms with van der Waals surface area (Å²) in [7, 11) is 1.61. The summed E-state index contributed by atoms with van der Waals surface area (Å²) in [4.78, 5) is 12.0. The van der Waals surface area contributed by atoms with Crippen LogP contribution in [-0.4, -0.2) is 18.1 Å². The van der Waals surface area contributed by atoms with Crippen molar-refractivity contribution in [2.24, 2.45) is 0 Å². The molecule has 0 radical (unpaired) electrons. The van der Waals surface area contributed by atoms with Gasteiger partial charge in [-0.25, -0.2) is 0 Å². The molecule has 5 heteroatoms. The molecular formula is C23H24N2O3. The van der Waals surface area contributed by atoms with Crippen molar-refractivity contribution in [3.8, 4) is 5.75 Å². The molecule has 1 N–H and O–H groups in total. The average molecular weight is 376 g/mol. The van der Waals surface area contributed by atoms with Crippen LogP contribution in [0.15, 0.2) is 84.9 Å². The van der Waals surface area contributed by atoms with Gasteiger partial charge in [-0.3, -0.25) is 10.1 Å². The van der Waals surface area contributed by atoms with Crippen LogP contribution < -0.4 is 10.1 Å². The Morgan fingerprint density at radius 2 is 1.39 bits per heavy atom. The third kappa shape index (κ3) is 4.49. The molecule has 3 rings (SSSR count). The van der Waals surface area contributed by atoms with Crippen LogP contribution in [0.2, 0.25) is 0 Å². The van der Waals surface area contributed by atoms with E-state index in [2.05, 4.69) is 5.32 Å². The van der Waals surface area contributed by atoms with Gasteiger partial charge < -0.3 is 10.1 Å². The zero-order valence-electron chi connectivity index (χ0n) is 16.0. The lowest BCUT2D eigenvalue weighted by molar-refractivity contribution is -0.529. The fourth-order valence-electron chi connectivity index (χ4n) is 3.44. The molecule has 5 nitrogen and oxygen atoms in total. The molecule has 3 atom stereocenters. The molecule has 0 aliphatic rings. The normalized spacial score (nSPS) is 13.9.